The molecule has 0 aromatic rings. The van der Waals surface area contributed by atoms with Crippen LogP contribution in [0.2, 0.25) is 25.7 Å². The van der Waals surface area contributed by atoms with Gasteiger partial charge in [0.05, 0.1) is 0 Å². The predicted octanol–water partition coefficient (Wildman–Crippen LogP) is 4.20. The van der Waals surface area contributed by atoms with Crippen LogP contribution in [0.3, 0.4) is 0 Å². The summed E-state index contributed by atoms with van der Waals surface area (Å²) in [5.74, 6) is 0. The van der Waals surface area contributed by atoms with Crippen LogP contribution in [0.5, 0.6) is 0 Å². The van der Waals surface area contributed by atoms with Crippen LogP contribution in [0.25, 0.3) is 0 Å². The van der Waals surface area contributed by atoms with E-state index >= 15 is 0 Å². The fourth-order valence-corrected chi connectivity index (χ4v) is 3.21. The molecule has 0 atom stereocenters. The Balaban J connectivity index is 4.25. The molecule has 0 saturated carbocycles. The highest BCUT2D eigenvalue weighted by molar-refractivity contribution is 6.76. The van der Waals surface area contributed by atoms with Crippen molar-refractivity contribution in [3.63, 3.8) is 0 Å². The first-order valence-electron chi connectivity index (χ1n) is 5.62. The van der Waals surface area contributed by atoms with Crippen molar-refractivity contribution in [3.05, 3.63) is 23.3 Å². The van der Waals surface area contributed by atoms with E-state index in [9.17, 15) is 4.79 Å². The lowest BCUT2D eigenvalue weighted by Gasteiger charge is -2.17. The molecule has 0 N–H and O–H groups in total. The van der Waals surface area contributed by atoms with E-state index in [4.69, 9.17) is 0 Å². The monoisotopic (exact) mass is 224 g/mol. The Kier molecular flexibility index (Phi) is 6.49. The molecule has 15 heavy (non-hydrogen) atoms. The molecule has 1 nitrogen and oxygen atoms in total. The van der Waals surface area contributed by atoms with Crippen LogP contribution in [0.1, 0.15) is 26.7 Å². The first-order valence-corrected chi connectivity index (χ1v) is 9.32. The van der Waals surface area contributed by atoms with Gasteiger partial charge in [-0.25, -0.2) is 0 Å². The predicted molar refractivity (Wildman–Crippen MR) is 71.0 cm³/mol. The zero-order chi connectivity index (χ0) is 11.9. The summed E-state index contributed by atoms with van der Waals surface area (Å²) < 4.78 is 0. The quantitative estimate of drug-likeness (QED) is 0.286. The fourth-order valence-electron chi connectivity index (χ4n) is 1.55. The summed E-state index contributed by atoms with van der Waals surface area (Å²) in [6, 6.07) is 1.14. The molecule has 0 aliphatic rings. The van der Waals surface area contributed by atoms with Gasteiger partial charge < -0.3 is 0 Å². The normalized spacial score (nSPS) is 12.5. The number of hydrogen-bond acceptors (Lipinski definition) is 1. The molecule has 0 spiro atoms. The summed E-state index contributed by atoms with van der Waals surface area (Å²) >= 11 is 0. The molecule has 0 rings (SSSR count). The van der Waals surface area contributed by atoms with Crippen molar-refractivity contribution in [2.45, 2.75) is 52.4 Å². The van der Waals surface area contributed by atoms with Crippen LogP contribution in [-0.2, 0) is 4.79 Å². The zero-order valence-corrected chi connectivity index (χ0v) is 11.8. The van der Waals surface area contributed by atoms with Gasteiger partial charge in [0, 0.05) is 8.07 Å². The van der Waals surface area contributed by atoms with Crippen molar-refractivity contribution in [3.8, 4) is 0 Å². The molecule has 0 saturated heterocycles. The molecule has 0 heterocycles. The Morgan fingerprint density at radius 2 is 1.80 bits per heavy atom. The summed E-state index contributed by atoms with van der Waals surface area (Å²) in [4.78, 5) is 10.5. The molecule has 86 valence electrons. The lowest BCUT2D eigenvalue weighted by molar-refractivity contribution is -0.104. The minimum absolute atomic E-state index is 0.929. The standard InChI is InChI=1S/C13H24OSi/c1-12(2)7-6-8-13(9-10-14)11-15(3,4)5/h7,9-10H,6,8,11H2,1-5H3/b13-9-. The Hall–Kier alpha value is -0.633. The molecular weight excluding hydrogens is 200 g/mol. The molecular formula is C13H24OSi. The minimum atomic E-state index is -1.08. The second kappa shape index (κ2) is 6.78. The van der Waals surface area contributed by atoms with Crippen LogP contribution < -0.4 is 0 Å². The third-order valence-electron chi connectivity index (χ3n) is 2.08. The van der Waals surface area contributed by atoms with Crippen molar-refractivity contribution in [1.82, 2.24) is 0 Å². The lowest BCUT2D eigenvalue weighted by Crippen LogP contribution is -2.20. The Labute approximate surface area is 95.3 Å². The van der Waals surface area contributed by atoms with Gasteiger partial charge in [-0.1, -0.05) is 36.9 Å². The van der Waals surface area contributed by atoms with E-state index in [1.54, 1.807) is 6.08 Å². The first-order chi connectivity index (χ1) is 6.85. The smallest absolute Gasteiger partial charge is 0.142 e. The fraction of sp³-hybridized carbons (Fsp3) is 0.615. The van der Waals surface area contributed by atoms with Gasteiger partial charge in [0.15, 0.2) is 0 Å². The van der Waals surface area contributed by atoms with Crippen molar-refractivity contribution in [2.24, 2.45) is 0 Å². The van der Waals surface area contributed by atoms with Gasteiger partial charge in [0.1, 0.15) is 6.29 Å². The molecule has 0 amide bonds. The van der Waals surface area contributed by atoms with Crippen LogP contribution >= 0.6 is 0 Å². The van der Waals surface area contributed by atoms with E-state index in [2.05, 4.69) is 39.6 Å². The average Bonchev–Trinajstić information content (AvgIpc) is 2.00. The van der Waals surface area contributed by atoms with Gasteiger partial charge in [-0.2, -0.15) is 0 Å². The maximum atomic E-state index is 10.5. The van der Waals surface area contributed by atoms with Crippen LogP contribution in [0, 0.1) is 0 Å². The van der Waals surface area contributed by atoms with Crippen molar-refractivity contribution >= 4 is 14.4 Å². The number of hydrogen-bond donors (Lipinski definition) is 0. The molecule has 0 aliphatic heterocycles. The summed E-state index contributed by atoms with van der Waals surface area (Å²) in [6.45, 7) is 11.2. The summed E-state index contributed by atoms with van der Waals surface area (Å²) in [5, 5.41) is 0. The molecule has 0 bridgehead atoms. The Morgan fingerprint density at radius 1 is 1.20 bits per heavy atom. The molecule has 0 fully saturated rings. The molecule has 0 aliphatic carbocycles. The van der Waals surface area contributed by atoms with Gasteiger partial charge in [0.2, 0.25) is 0 Å². The third-order valence-corrected chi connectivity index (χ3v) is 3.59. The van der Waals surface area contributed by atoms with Gasteiger partial charge in [-0.15, -0.1) is 0 Å². The summed E-state index contributed by atoms with van der Waals surface area (Å²) in [7, 11) is -1.08. The van der Waals surface area contributed by atoms with E-state index in [0.717, 1.165) is 25.2 Å². The molecule has 0 aromatic heterocycles. The summed E-state index contributed by atoms with van der Waals surface area (Å²) in [6.07, 6.45) is 7.03. The molecule has 2 heteroatoms. The van der Waals surface area contributed by atoms with Gasteiger partial charge in [-0.05, 0) is 38.8 Å². The Morgan fingerprint density at radius 3 is 2.20 bits per heavy atom. The number of carbonyl (C=O) groups is 1. The zero-order valence-electron chi connectivity index (χ0n) is 10.8. The highest BCUT2D eigenvalue weighted by atomic mass is 28.3. The average molecular weight is 224 g/mol. The van der Waals surface area contributed by atoms with Crippen LogP contribution in [0.4, 0.5) is 0 Å². The molecule has 0 radical (unpaired) electrons. The van der Waals surface area contributed by atoms with Crippen molar-refractivity contribution in [2.75, 3.05) is 0 Å². The van der Waals surface area contributed by atoms with E-state index in [0.29, 0.717) is 0 Å². The highest BCUT2D eigenvalue weighted by Crippen LogP contribution is 2.20. The second-order valence-corrected chi connectivity index (χ2v) is 11.0. The lowest BCUT2D eigenvalue weighted by atomic mass is 10.1. The van der Waals surface area contributed by atoms with E-state index in [1.165, 1.54) is 11.1 Å². The van der Waals surface area contributed by atoms with E-state index < -0.39 is 8.07 Å². The Bertz CT molecular complexity index is 252. The van der Waals surface area contributed by atoms with Gasteiger partial charge in [-0.3, -0.25) is 4.79 Å². The number of allylic oxidation sites excluding steroid dienone is 4. The van der Waals surface area contributed by atoms with Gasteiger partial charge in [0.25, 0.3) is 0 Å². The first kappa shape index (κ1) is 14.4. The van der Waals surface area contributed by atoms with Crippen LogP contribution in [-0.4, -0.2) is 14.4 Å². The number of aldehydes is 1. The maximum Gasteiger partial charge on any atom is 0.142 e. The molecule has 0 unspecified atom stereocenters. The topological polar surface area (TPSA) is 17.1 Å². The third kappa shape index (κ3) is 9.67. The summed E-state index contributed by atoms with van der Waals surface area (Å²) in [5.41, 5.74) is 2.68. The maximum absolute atomic E-state index is 10.5. The second-order valence-electron chi connectivity index (χ2n) is 5.52. The highest BCUT2D eigenvalue weighted by Gasteiger charge is 2.14. The SMILES string of the molecule is CC(C)=CCC/C(=C/C=O)C[Si](C)(C)C. The van der Waals surface area contributed by atoms with E-state index in [-0.39, 0.29) is 0 Å². The van der Waals surface area contributed by atoms with Crippen molar-refractivity contribution in [1.29, 1.82) is 0 Å². The van der Waals surface area contributed by atoms with Crippen LogP contribution in [0.15, 0.2) is 23.3 Å². The number of rotatable bonds is 6. The minimum Gasteiger partial charge on any atom is -0.299 e. The van der Waals surface area contributed by atoms with E-state index in [1.807, 2.05) is 0 Å². The largest absolute Gasteiger partial charge is 0.299 e. The van der Waals surface area contributed by atoms with Gasteiger partial charge >= 0.3 is 0 Å². The van der Waals surface area contributed by atoms with Crippen molar-refractivity contribution < 1.29 is 4.79 Å². The number of carbonyl (C=O) groups excluding carboxylic acids is 1. The molecule has 0 aromatic carbocycles.